The standard InChI is InChI=1S/C13H14F3NO2/c1-6-5-7(2)10(17-9(6)4)11(18)8(3)12(19)13(14,15)16/h5,8H,1-4H3. The molecule has 1 atom stereocenters. The molecule has 0 fully saturated rings. The number of Topliss-reactive ketones (excluding diaryl/α,β-unsaturated/α-hetero) is 2. The first kappa shape index (κ1) is 15.3. The van der Waals surface area contributed by atoms with Crippen LogP contribution < -0.4 is 0 Å². The first-order valence-electron chi connectivity index (χ1n) is 5.65. The van der Waals surface area contributed by atoms with Gasteiger partial charge < -0.3 is 0 Å². The number of rotatable bonds is 3. The fourth-order valence-corrected chi connectivity index (χ4v) is 1.66. The van der Waals surface area contributed by atoms with Gasteiger partial charge in [-0.25, -0.2) is 4.98 Å². The Morgan fingerprint density at radius 1 is 1.16 bits per heavy atom. The highest BCUT2D eigenvalue weighted by molar-refractivity contribution is 6.11. The van der Waals surface area contributed by atoms with Gasteiger partial charge in [-0.05, 0) is 38.8 Å². The highest BCUT2D eigenvalue weighted by Gasteiger charge is 2.44. The van der Waals surface area contributed by atoms with E-state index in [2.05, 4.69) is 4.98 Å². The van der Waals surface area contributed by atoms with Crippen molar-refractivity contribution in [1.29, 1.82) is 0 Å². The molecule has 0 aliphatic carbocycles. The minimum atomic E-state index is -5.01. The van der Waals surface area contributed by atoms with Crippen LogP contribution in [-0.4, -0.2) is 22.7 Å². The van der Waals surface area contributed by atoms with Gasteiger partial charge in [-0.2, -0.15) is 13.2 Å². The second-order valence-corrected chi connectivity index (χ2v) is 4.50. The van der Waals surface area contributed by atoms with E-state index in [0.29, 0.717) is 11.3 Å². The van der Waals surface area contributed by atoms with E-state index in [1.807, 2.05) is 0 Å². The molecule has 1 aromatic heterocycles. The molecule has 3 nitrogen and oxygen atoms in total. The normalized spacial score (nSPS) is 13.2. The smallest absolute Gasteiger partial charge is 0.292 e. The van der Waals surface area contributed by atoms with E-state index in [1.165, 1.54) is 0 Å². The van der Waals surface area contributed by atoms with Crippen LogP contribution in [0.5, 0.6) is 0 Å². The van der Waals surface area contributed by atoms with Crippen molar-refractivity contribution >= 4 is 11.6 Å². The molecule has 1 heterocycles. The predicted molar refractivity (Wildman–Crippen MR) is 63.0 cm³/mol. The van der Waals surface area contributed by atoms with Gasteiger partial charge in [0.1, 0.15) is 5.69 Å². The molecule has 1 rings (SSSR count). The van der Waals surface area contributed by atoms with Crippen LogP contribution in [0.25, 0.3) is 0 Å². The molecule has 0 saturated carbocycles. The number of ketones is 2. The fourth-order valence-electron chi connectivity index (χ4n) is 1.66. The second kappa shape index (κ2) is 5.11. The van der Waals surface area contributed by atoms with Gasteiger partial charge in [0, 0.05) is 5.69 Å². The molecule has 0 aliphatic rings. The third-order valence-electron chi connectivity index (χ3n) is 2.96. The summed E-state index contributed by atoms with van der Waals surface area (Å²) in [5.74, 6) is -4.71. The molecule has 19 heavy (non-hydrogen) atoms. The number of aryl methyl sites for hydroxylation is 3. The molecule has 0 N–H and O–H groups in total. The molecule has 0 amide bonds. The average molecular weight is 273 g/mol. The number of hydrogen-bond donors (Lipinski definition) is 0. The van der Waals surface area contributed by atoms with E-state index < -0.39 is 23.7 Å². The summed E-state index contributed by atoms with van der Waals surface area (Å²) in [5, 5.41) is 0. The van der Waals surface area contributed by atoms with Crippen molar-refractivity contribution in [1.82, 2.24) is 4.98 Å². The molecule has 1 unspecified atom stereocenters. The number of hydrogen-bond acceptors (Lipinski definition) is 3. The minimum absolute atomic E-state index is 0.0757. The third kappa shape index (κ3) is 3.19. The summed E-state index contributed by atoms with van der Waals surface area (Å²) in [6, 6.07) is 1.67. The van der Waals surface area contributed by atoms with Crippen LogP contribution >= 0.6 is 0 Å². The van der Waals surface area contributed by atoms with Gasteiger partial charge in [0.25, 0.3) is 0 Å². The number of carbonyl (C=O) groups is 2. The SMILES string of the molecule is Cc1cc(C)c(C(=O)C(C)C(=O)C(F)(F)F)nc1C. The summed E-state index contributed by atoms with van der Waals surface area (Å²) < 4.78 is 36.9. The molecule has 0 aromatic carbocycles. The highest BCUT2D eigenvalue weighted by Crippen LogP contribution is 2.24. The van der Waals surface area contributed by atoms with E-state index in [1.54, 1.807) is 26.8 Å². The topological polar surface area (TPSA) is 47.0 Å². The zero-order chi connectivity index (χ0) is 15.0. The number of pyridine rings is 1. The maximum absolute atomic E-state index is 12.3. The van der Waals surface area contributed by atoms with E-state index in [-0.39, 0.29) is 5.69 Å². The number of aromatic nitrogens is 1. The van der Waals surface area contributed by atoms with Gasteiger partial charge >= 0.3 is 6.18 Å². The first-order chi connectivity index (χ1) is 8.55. The molecule has 104 valence electrons. The molecule has 0 saturated heterocycles. The van der Waals surface area contributed by atoms with Crippen LogP contribution in [0.2, 0.25) is 0 Å². The Morgan fingerprint density at radius 3 is 2.16 bits per heavy atom. The lowest BCUT2D eigenvalue weighted by atomic mass is 9.95. The van der Waals surface area contributed by atoms with Crippen molar-refractivity contribution < 1.29 is 22.8 Å². The number of nitrogens with zero attached hydrogens (tertiary/aromatic N) is 1. The van der Waals surface area contributed by atoms with Crippen LogP contribution in [0.15, 0.2) is 6.07 Å². The van der Waals surface area contributed by atoms with Gasteiger partial charge in [-0.15, -0.1) is 0 Å². The van der Waals surface area contributed by atoms with Crippen molar-refractivity contribution in [2.45, 2.75) is 33.9 Å². The summed E-state index contributed by atoms with van der Waals surface area (Å²) in [6.07, 6.45) is -5.01. The lowest BCUT2D eigenvalue weighted by Gasteiger charge is -2.13. The highest BCUT2D eigenvalue weighted by atomic mass is 19.4. The van der Waals surface area contributed by atoms with Crippen LogP contribution in [0.4, 0.5) is 13.2 Å². The molecular formula is C13H14F3NO2. The van der Waals surface area contributed by atoms with Crippen LogP contribution in [0.1, 0.15) is 34.2 Å². The largest absolute Gasteiger partial charge is 0.450 e. The molecule has 0 bridgehead atoms. The fraction of sp³-hybridized carbons (Fsp3) is 0.462. The summed E-state index contributed by atoms with van der Waals surface area (Å²) in [7, 11) is 0. The molecule has 0 spiro atoms. The molecule has 6 heteroatoms. The zero-order valence-corrected chi connectivity index (χ0v) is 11.1. The maximum Gasteiger partial charge on any atom is 0.450 e. The zero-order valence-electron chi connectivity index (χ0n) is 11.1. The van der Waals surface area contributed by atoms with E-state index in [0.717, 1.165) is 12.5 Å². The lowest BCUT2D eigenvalue weighted by Crippen LogP contribution is -2.34. The van der Waals surface area contributed by atoms with Crippen molar-refractivity contribution in [3.8, 4) is 0 Å². The Labute approximate surface area is 108 Å². The van der Waals surface area contributed by atoms with Crippen LogP contribution in [-0.2, 0) is 4.79 Å². The summed E-state index contributed by atoms with van der Waals surface area (Å²) >= 11 is 0. The first-order valence-corrected chi connectivity index (χ1v) is 5.65. The van der Waals surface area contributed by atoms with Crippen molar-refractivity contribution in [2.24, 2.45) is 5.92 Å². The lowest BCUT2D eigenvalue weighted by molar-refractivity contribution is -0.173. The van der Waals surface area contributed by atoms with Gasteiger partial charge in [-0.1, -0.05) is 6.07 Å². The van der Waals surface area contributed by atoms with Crippen molar-refractivity contribution in [2.75, 3.05) is 0 Å². The van der Waals surface area contributed by atoms with Crippen molar-refractivity contribution in [3.63, 3.8) is 0 Å². The van der Waals surface area contributed by atoms with Gasteiger partial charge in [0.15, 0.2) is 5.78 Å². The number of carbonyl (C=O) groups excluding carboxylic acids is 2. The Hall–Kier alpha value is -1.72. The maximum atomic E-state index is 12.3. The van der Waals surface area contributed by atoms with Gasteiger partial charge in [0.2, 0.25) is 5.78 Å². The molecule has 0 aliphatic heterocycles. The Bertz CT molecular complexity index is 535. The molecule has 1 aromatic rings. The van der Waals surface area contributed by atoms with Crippen molar-refractivity contribution in [3.05, 3.63) is 28.6 Å². The van der Waals surface area contributed by atoms with E-state index in [9.17, 15) is 22.8 Å². The molecular weight excluding hydrogens is 259 g/mol. The summed E-state index contributed by atoms with van der Waals surface area (Å²) in [4.78, 5) is 27.0. The minimum Gasteiger partial charge on any atom is -0.292 e. The molecule has 0 radical (unpaired) electrons. The Balaban J connectivity index is 3.15. The Kier molecular flexibility index (Phi) is 4.12. The predicted octanol–water partition coefficient (Wildman–Crippen LogP) is 2.96. The quantitative estimate of drug-likeness (QED) is 0.628. The summed E-state index contributed by atoms with van der Waals surface area (Å²) in [6.45, 7) is 5.97. The third-order valence-corrected chi connectivity index (χ3v) is 2.96. The summed E-state index contributed by atoms with van der Waals surface area (Å²) in [5.41, 5.74) is 1.78. The van der Waals surface area contributed by atoms with Crippen LogP contribution in [0.3, 0.4) is 0 Å². The monoisotopic (exact) mass is 273 g/mol. The van der Waals surface area contributed by atoms with Gasteiger partial charge in [-0.3, -0.25) is 9.59 Å². The van der Waals surface area contributed by atoms with E-state index >= 15 is 0 Å². The number of alkyl halides is 3. The van der Waals surface area contributed by atoms with E-state index in [4.69, 9.17) is 0 Å². The van der Waals surface area contributed by atoms with Crippen LogP contribution in [0, 0.1) is 26.7 Å². The second-order valence-electron chi connectivity index (χ2n) is 4.50. The number of halogens is 3. The van der Waals surface area contributed by atoms with Gasteiger partial charge in [0.05, 0.1) is 5.92 Å². The Morgan fingerprint density at radius 2 is 1.68 bits per heavy atom. The average Bonchev–Trinajstić information content (AvgIpc) is 2.29.